The Morgan fingerprint density at radius 2 is 2.00 bits per heavy atom. The molecule has 0 spiro atoms. The molecular formula is C19H19NO5. The van der Waals surface area contributed by atoms with Gasteiger partial charge in [-0.15, -0.1) is 0 Å². The van der Waals surface area contributed by atoms with Crippen LogP contribution in [0.1, 0.15) is 22.9 Å². The largest absolute Gasteiger partial charge is 0.507 e. The minimum absolute atomic E-state index is 0.0779. The quantitative estimate of drug-likeness (QED) is 0.738. The van der Waals surface area contributed by atoms with Crippen molar-refractivity contribution in [2.75, 3.05) is 26.3 Å². The van der Waals surface area contributed by atoms with Crippen LogP contribution in [0.15, 0.2) is 50.2 Å². The predicted molar refractivity (Wildman–Crippen MR) is 91.8 cm³/mol. The number of rotatable bonds is 3. The van der Waals surface area contributed by atoms with Crippen LogP contribution in [0, 0.1) is 6.92 Å². The molecule has 1 unspecified atom stereocenters. The Labute approximate surface area is 144 Å². The molecule has 130 valence electrons. The minimum Gasteiger partial charge on any atom is -0.507 e. The van der Waals surface area contributed by atoms with Gasteiger partial charge in [0.15, 0.2) is 0 Å². The van der Waals surface area contributed by atoms with Gasteiger partial charge in [0.1, 0.15) is 23.1 Å². The molecule has 0 saturated carbocycles. The first-order valence-corrected chi connectivity index (χ1v) is 8.26. The average molecular weight is 341 g/mol. The first-order chi connectivity index (χ1) is 12.1. The molecule has 0 amide bonds. The van der Waals surface area contributed by atoms with Gasteiger partial charge >= 0.3 is 5.63 Å². The highest BCUT2D eigenvalue weighted by Crippen LogP contribution is 2.39. The number of morpholine rings is 1. The van der Waals surface area contributed by atoms with Crippen molar-refractivity contribution in [3.05, 3.63) is 63.9 Å². The molecule has 3 heterocycles. The average Bonchev–Trinajstić information content (AvgIpc) is 3.12. The zero-order valence-electron chi connectivity index (χ0n) is 13.9. The Morgan fingerprint density at radius 1 is 1.20 bits per heavy atom. The first-order valence-electron chi connectivity index (χ1n) is 8.26. The summed E-state index contributed by atoms with van der Waals surface area (Å²) in [5.74, 6) is 0.767. The van der Waals surface area contributed by atoms with E-state index < -0.39 is 5.63 Å². The monoisotopic (exact) mass is 341 g/mol. The molecule has 6 heteroatoms. The van der Waals surface area contributed by atoms with E-state index in [1.54, 1.807) is 18.4 Å². The van der Waals surface area contributed by atoms with E-state index in [9.17, 15) is 9.90 Å². The third-order valence-corrected chi connectivity index (χ3v) is 4.63. The van der Waals surface area contributed by atoms with Crippen molar-refractivity contribution < 1.29 is 18.7 Å². The van der Waals surface area contributed by atoms with Crippen LogP contribution in [0.5, 0.6) is 5.75 Å². The van der Waals surface area contributed by atoms with Crippen molar-refractivity contribution >= 4 is 11.0 Å². The molecule has 0 aliphatic carbocycles. The second-order valence-corrected chi connectivity index (χ2v) is 6.19. The fourth-order valence-corrected chi connectivity index (χ4v) is 3.45. The number of nitrogens with zero attached hydrogens (tertiary/aromatic N) is 1. The Balaban J connectivity index is 1.98. The summed E-state index contributed by atoms with van der Waals surface area (Å²) in [6.45, 7) is 4.45. The second kappa shape index (κ2) is 6.38. The van der Waals surface area contributed by atoms with E-state index in [0.29, 0.717) is 43.2 Å². The SMILES string of the molecule is Cc1cc(=O)oc2c(C(c3ccco3)N3CCOCC3)c(O)ccc12. The van der Waals surface area contributed by atoms with Gasteiger partial charge in [0, 0.05) is 24.5 Å². The minimum atomic E-state index is -0.433. The van der Waals surface area contributed by atoms with E-state index >= 15 is 0 Å². The Kier molecular flexibility index (Phi) is 4.07. The molecule has 1 fully saturated rings. The van der Waals surface area contributed by atoms with E-state index in [1.165, 1.54) is 6.07 Å². The fourth-order valence-electron chi connectivity index (χ4n) is 3.45. The molecule has 25 heavy (non-hydrogen) atoms. The van der Waals surface area contributed by atoms with Gasteiger partial charge in [-0.1, -0.05) is 0 Å². The van der Waals surface area contributed by atoms with Gasteiger partial charge in [0.2, 0.25) is 0 Å². The summed E-state index contributed by atoms with van der Waals surface area (Å²) in [6, 6.07) is 8.19. The van der Waals surface area contributed by atoms with E-state index in [4.69, 9.17) is 13.6 Å². The molecule has 0 radical (unpaired) electrons. The normalized spacial score (nSPS) is 17.0. The van der Waals surface area contributed by atoms with Gasteiger partial charge in [-0.3, -0.25) is 4.90 Å². The summed E-state index contributed by atoms with van der Waals surface area (Å²) in [7, 11) is 0. The lowest BCUT2D eigenvalue weighted by Gasteiger charge is -2.34. The molecule has 1 aliphatic heterocycles. The van der Waals surface area contributed by atoms with Gasteiger partial charge in [-0.2, -0.15) is 0 Å². The second-order valence-electron chi connectivity index (χ2n) is 6.19. The third-order valence-electron chi connectivity index (χ3n) is 4.63. The predicted octanol–water partition coefficient (Wildman–Crippen LogP) is 2.82. The fraction of sp³-hybridized carbons (Fsp3) is 0.316. The third kappa shape index (κ3) is 2.83. The number of phenols is 1. The highest BCUT2D eigenvalue weighted by Gasteiger charge is 2.31. The summed E-state index contributed by atoms with van der Waals surface area (Å²) in [5, 5.41) is 11.4. The molecule has 1 aliphatic rings. The standard InChI is InChI=1S/C19H19NO5/c1-12-11-16(22)25-19-13(12)4-5-14(21)17(19)18(15-3-2-8-24-15)20-6-9-23-10-7-20/h2-5,8,11,18,21H,6-7,9-10H2,1H3. The van der Waals surface area contributed by atoms with Crippen LogP contribution in [0.4, 0.5) is 0 Å². The van der Waals surface area contributed by atoms with Crippen molar-refractivity contribution in [1.82, 2.24) is 4.90 Å². The number of ether oxygens (including phenoxy) is 1. The summed E-state index contributed by atoms with van der Waals surface area (Å²) in [4.78, 5) is 14.1. The molecule has 2 aromatic heterocycles. The first kappa shape index (κ1) is 15.9. The molecule has 1 atom stereocenters. The maximum absolute atomic E-state index is 11.9. The number of aryl methyl sites for hydroxylation is 1. The molecule has 6 nitrogen and oxygen atoms in total. The zero-order chi connectivity index (χ0) is 17.4. The summed E-state index contributed by atoms with van der Waals surface area (Å²) >= 11 is 0. The van der Waals surface area contributed by atoms with Crippen molar-refractivity contribution in [3.63, 3.8) is 0 Å². The Morgan fingerprint density at radius 3 is 2.72 bits per heavy atom. The number of hydrogen-bond acceptors (Lipinski definition) is 6. The number of hydrogen-bond donors (Lipinski definition) is 1. The number of furan rings is 1. The summed E-state index contributed by atoms with van der Waals surface area (Å²) in [5.41, 5.74) is 1.33. The maximum Gasteiger partial charge on any atom is 0.336 e. The Bertz CT molecular complexity index is 938. The van der Waals surface area contributed by atoms with Gasteiger partial charge < -0.3 is 18.7 Å². The summed E-state index contributed by atoms with van der Waals surface area (Å²) < 4.78 is 16.6. The smallest absolute Gasteiger partial charge is 0.336 e. The maximum atomic E-state index is 11.9. The number of aromatic hydroxyl groups is 1. The van der Waals surface area contributed by atoms with Crippen LogP contribution in [-0.4, -0.2) is 36.3 Å². The van der Waals surface area contributed by atoms with Crippen LogP contribution < -0.4 is 5.63 Å². The van der Waals surface area contributed by atoms with Crippen molar-refractivity contribution in [3.8, 4) is 5.75 Å². The van der Waals surface area contributed by atoms with Crippen LogP contribution in [0.25, 0.3) is 11.0 Å². The number of benzene rings is 1. The van der Waals surface area contributed by atoms with Gasteiger partial charge in [0.05, 0.1) is 25.0 Å². The van der Waals surface area contributed by atoms with Crippen LogP contribution in [0.2, 0.25) is 0 Å². The molecule has 1 saturated heterocycles. The van der Waals surface area contributed by atoms with Gasteiger partial charge in [0.25, 0.3) is 0 Å². The lowest BCUT2D eigenvalue weighted by Crippen LogP contribution is -2.39. The van der Waals surface area contributed by atoms with Crippen LogP contribution in [-0.2, 0) is 4.74 Å². The lowest BCUT2D eigenvalue weighted by atomic mass is 9.97. The van der Waals surface area contributed by atoms with Crippen LogP contribution in [0.3, 0.4) is 0 Å². The zero-order valence-corrected chi connectivity index (χ0v) is 13.9. The van der Waals surface area contributed by atoms with Crippen molar-refractivity contribution in [2.24, 2.45) is 0 Å². The molecule has 0 bridgehead atoms. The van der Waals surface area contributed by atoms with E-state index in [1.807, 2.05) is 19.1 Å². The molecule has 1 aromatic carbocycles. The van der Waals surface area contributed by atoms with Gasteiger partial charge in [-0.05, 0) is 36.8 Å². The van der Waals surface area contributed by atoms with Crippen molar-refractivity contribution in [2.45, 2.75) is 13.0 Å². The molecule has 3 aromatic rings. The number of phenolic OH excluding ortho intramolecular Hbond substituents is 1. The lowest BCUT2D eigenvalue weighted by molar-refractivity contribution is 0.0198. The highest BCUT2D eigenvalue weighted by molar-refractivity contribution is 5.85. The number of fused-ring (bicyclic) bond motifs is 1. The molecular weight excluding hydrogens is 322 g/mol. The highest BCUT2D eigenvalue weighted by atomic mass is 16.5. The molecule has 1 N–H and O–H groups in total. The van der Waals surface area contributed by atoms with Crippen LogP contribution >= 0.6 is 0 Å². The van der Waals surface area contributed by atoms with E-state index in [-0.39, 0.29) is 11.8 Å². The van der Waals surface area contributed by atoms with Gasteiger partial charge in [-0.25, -0.2) is 4.79 Å². The Hall–Kier alpha value is -2.57. The van der Waals surface area contributed by atoms with E-state index in [0.717, 1.165) is 10.9 Å². The molecule has 4 rings (SSSR count). The van der Waals surface area contributed by atoms with E-state index in [2.05, 4.69) is 4.90 Å². The van der Waals surface area contributed by atoms with Crippen molar-refractivity contribution in [1.29, 1.82) is 0 Å². The summed E-state index contributed by atoms with van der Waals surface area (Å²) in [6.07, 6.45) is 1.60. The topological polar surface area (TPSA) is 76.1 Å².